The summed E-state index contributed by atoms with van der Waals surface area (Å²) in [6, 6.07) is 0.528. The Labute approximate surface area is 139 Å². The third-order valence-electron chi connectivity index (χ3n) is 4.37. The fourth-order valence-corrected chi connectivity index (χ4v) is 3.10. The molecule has 6 nitrogen and oxygen atoms in total. The maximum Gasteiger partial charge on any atom is 0.410 e. The van der Waals surface area contributed by atoms with Crippen LogP contribution in [0.2, 0.25) is 0 Å². The molecule has 2 rings (SSSR count). The van der Waals surface area contributed by atoms with Crippen molar-refractivity contribution in [2.45, 2.75) is 70.3 Å². The topological polar surface area (TPSA) is 60.0 Å². The van der Waals surface area contributed by atoms with Gasteiger partial charge in [0.05, 0.1) is 13.2 Å². The molecule has 23 heavy (non-hydrogen) atoms. The maximum absolute atomic E-state index is 11.9. The molecular weight excluding hydrogens is 296 g/mol. The number of nitrogens with one attached hydrogen (secondary N) is 1. The van der Waals surface area contributed by atoms with Crippen molar-refractivity contribution in [2.75, 3.05) is 33.4 Å². The predicted molar refractivity (Wildman–Crippen MR) is 88.4 cm³/mol. The molecule has 2 aliphatic rings. The van der Waals surface area contributed by atoms with Crippen molar-refractivity contribution < 1.29 is 19.0 Å². The lowest BCUT2D eigenvalue weighted by atomic mass is 9.90. The van der Waals surface area contributed by atoms with Crippen LogP contribution in [-0.2, 0) is 14.2 Å². The van der Waals surface area contributed by atoms with E-state index in [2.05, 4.69) is 5.32 Å². The van der Waals surface area contributed by atoms with Gasteiger partial charge in [-0.25, -0.2) is 4.79 Å². The smallest absolute Gasteiger partial charge is 0.410 e. The molecule has 1 heterocycles. The number of carbonyl (C=O) groups excluding carboxylic acids is 1. The first kappa shape index (κ1) is 18.5. The summed E-state index contributed by atoms with van der Waals surface area (Å²) in [5.41, 5.74) is -0.438. The predicted octanol–water partition coefficient (Wildman–Crippen LogP) is 2.52. The second-order valence-electron chi connectivity index (χ2n) is 7.59. The molecule has 0 unspecified atom stereocenters. The lowest BCUT2D eigenvalue weighted by Crippen LogP contribution is -2.42. The number of rotatable bonds is 5. The molecule has 0 atom stereocenters. The van der Waals surface area contributed by atoms with Gasteiger partial charge in [0.15, 0.2) is 5.79 Å². The highest BCUT2D eigenvalue weighted by Crippen LogP contribution is 2.35. The number of carbonyl (C=O) groups is 1. The van der Waals surface area contributed by atoms with Gasteiger partial charge < -0.3 is 24.4 Å². The lowest BCUT2D eigenvalue weighted by molar-refractivity contribution is -0.179. The standard InChI is InChI=1S/C17H32N2O4/c1-16(2,3)23-15(20)19(4)11-5-10-18-14-6-8-17(9-7-14)21-12-13-22-17/h14,18H,5-13H2,1-4H3. The normalized spacial score (nSPS) is 21.6. The Kier molecular flexibility index (Phi) is 6.28. The fourth-order valence-electron chi connectivity index (χ4n) is 3.10. The number of hydrogen-bond donors (Lipinski definition) is 1. The molecule has 1 saturated carbocycles. The van der Waals surface area contributed by atoms with Crippen molar-refractivity contribution in [1.29, 1.82) is 0 Å². The molecule has 1 amide bonds. The highest BCUT2D eigenvalue weighted by atomic mass is 16.7. The Bertz CT molecular complexity index is 379. The average Bonchev–Trinajstić information content (AvgIpc) is 2.92. The molecule has 1 N–H and O–H groups in total. The van der Waals surface area contributed by atoms with Crippen LogP contribution in [-0.4, -0.2) is 61.8 Å². The van der Waals surface area contributed by atoms with Gasteiger partial charge in [-0.05, 0) is 46.6 Å². The second kappa shape index (κ2) is 7.81. The van der Waals surface area contributed by atoms with Crippen LogP contribution in [0.25, 0.3) is 0 Å². The number of amides is 1. The summed E-state index contributed by atoms with van der Waals surface area (Å²) in [6.07, 6.45) is 4.78. The van der Waals surface area contributed by atoms with Crippen LogP contribution in [0.4, 0.5) is 4.79 Å². The minimum absolute atomic E-state index is 0.257. The van der Waals surface area contributed by atoms with E-state index in [0.29, 0.717) is 12.6 Å². The molecule has 2 fully saturated rings. The van der Waals surface area contributed by atoms with E-state index in [9.17, 15) is 4.79 Å². The summed E-state index contributed by atoms with van der Waals surface area (Å²) < 4.78 is 16.8. The Morgan fingerprint density at radius 1 is 1.26 bits per heavy atom. The first-order valence-electron chi connectivity index (χ1n) is 8.75. The van der Waals surface area contributed by atoms with E-state index in [1.54, 1.807) is 11.9 Å². The van der Waals surface area contributed by atoms with E-state index in [4.69, 9.17) is 14.2 Å². The van der Waals surface area contributed by atoms with Crippen LogP contribution in [0.1, 0.15) is 52.9 Å². The summed E-state index contributed by atoms with van der Waals surface area (Å²) in [4.78, 5) is 13.5. The minimum Gasteiger partial charge on any atom is -0.444 e. The molecule has 0 aromatic carbocycles. The molecule has 6 heteroatoms. The van der Waals surface area contributed by atoms with Crippen LogP contribution in [0.15, 0.2) is 0 Å². The molecule has 0 aromatic heterocycles. The summed E-state index contributed by atoms with van der Waals surface area (Å²) in [7, 11) is 1.78. The van der Waals surface area contributed by atoms with Gasteiger partial charge in [0.2, 0.25) is 0 Å². The minimum atomic E-state index is -0.438. The quantitative estimate of drug-likeness (QED) is 0.786. The largest absolute Gasteiger partial charge is 0.444 e. The van der Waals surface area contributed by atoms with Gasteiger partial charge in [0, 0.05) is 32.5 Å². The SMILES string of the molecule is CN(CCCNC1CCC2(CC1)OCCO2)C(=O)OC(C)(C)C. The van der Waals surface area contributed by atoms with Crippen LogP contribution in [0.5, 0.6) is 0 Å². The zero-order valence-electron chi connectivity index (χ0n) is 15.0. The molecule has 0 bridgehead atoms. The van der Waals surface area contributed by atoms with E-state index in [-0.39, 0.29) is 11.9 Å². The van der Waals surface area contributed by atoms with Crippen LogP contribution in [0.3, 0.4) is 0 Å². The molecule has 134 valence electrons. The molecule has 1 saturated heterocycles. The monoisotopic (exact) mass is 328 g/mol. The van der Waals surface area contributed by atoms with Crippen LogP contribution in [0, 0.1) is 0 Å². The Morgan fingerprint density at radius 3 is 2.43 bits per heavy atom. The zero-order chi connectivity index (χ0) is 16.9. The van der Waals surface area contributed by atoms with E-state index in [1.807, 2.05) is 20.8 Å². The Balaban J connectivity index is 1.56. The highest BCUT2D eigenvalue weighted by Gasteiger charge is 2.40. The highest BCUT2D eigenvalue weighted by molar-refractivity contribution is 5.67. The summed E-state index contributed by atoms with van der Waals surface area (Å²) in [5, 5.41) is 3.58. The molecule has 1 spiro atoms. The lowest BCUT2D eigenvalue weighted by Gasteiger charge is -2.35. The summed E-state index contributed by atoms with van der Waals surface area (Å²) >= 11 is 0. The maximum atomic E-state index is 11.9. The van der Waals surface area contributed by atoms with E-state index < -0.39 is 5.60 Å². The fraction of sp³-hybridized carbons (Fsp3) is 0.941. The first-order valence-corrected chi connectivity index (χ1v) is 8.75. The van der Waals surface area contributed by atoms with E-state index in [1.165, 1.54) is 0 Å². The van der Waals surface area contributed by atoms with Crippen LogP contribution >= 0.6 is 0 Å². The van der Waals surface area contributed by atoms with Gasteiger partial charge >= 0.3 is 6.09 Å². The van der Waals surface area contributed by atoms with Gasteiger partial charge in [0.25, 0.3) is 0 Å². The van der Waals surface area contributed by atoms with Gasteiger partial charge in [-0.2, -0.15) is 0 Å². The number of hydrogen-bond acceptors (Lipinski definition) is 5. The third-order valence-corrected chi connectivity index (χ3v) is 4.37. The summed E-state index contributed by atoms with van der Waals surface area (Å²) in [5.74, 6) is -0.283. The van der Waals surface area contributed by atoms with Gasteiger partial charge in [0.1, 0.15) is 5.60 Å². The molecule has 1 aliphatic heterocycles. The molecule has 1 aliphatic carbocycles. The molecule has 0 aromatic rings. The number of nitrogens with zero attached hydrogens (tertiary/aromatic N) is 1. The summed E-state index contributed by atoms with van der Waals surface area (Å²) in [6.45, 7) is 8.72. The second-order valence-corrected chi connectivity index (χ2v) is 7.59. The number of ether oxygens (including phenoxy) is 3. The van der Waals surface area contributed by atoms with Gasteiger partial charge in [-0.3, -0.25) is 0 Å². The van der Waals surface area contributed by atoms with Gasteiger partial charge in [-0.1, -0.05) is 0 Å². The van der Waals surface area contributed by atoms with Crippen molar-refractivity contribution in [3.8, 4) is 0 Å². The zero-order valence-corrected chi connectivity index (χ0v) is 15.0. The van der Waals surface area contributed by atoms with Crippen molar-refractivity contribution in [3.63, 3.8) is 0 Å². The van der Waals surface area contributed by atoms with E-state index in [0.717, 1.165) is 51.9 Å². The van der Waals surface area contributed by atoms with Crippen molar-refractivity contribution >= 4 is 6.09 Å². The Hall–Kier alpha value is -0.850. The van der Waals surface area contributed by atoms with Crippen molar-refractivity contribution in [3.05, 3.63) is 0 Å². The molecular formula is C17H32N2O4. The Morgan fingerprint density at radius 2 is 1.87 bits per heavy atom. The van der Waals surface area contributed by atoms with Crippen molar-refractivity contribution in [1.82, 2.24) is 10.2 Å². The average molecular weight is 328 g/mol. The van der Waals surface area contributed by atoms with E-state index >= 15 is 0 Å². The molecule has 0 radical (unpaired) electrons. The van der Waals surface area contributed by atoms with Gasteiger partial charge in [-0.15, -0.1) is 0 Å². The third kappa shape index (κ3) is 5.94. The first-order chi connectivity index (χ1) is 10.8. The van der Waals surface area contributed by atoms with Crippen LogP contribution < -0.4 is 5.32 Å². The van der Waals surface area contributed by atoms with Crippen molar-refractivity contribution in [2.24, 2.45) is 0 Å².